The van der Waals surface area contributed by atoms with Crippen LogP contribution in [-0.4, -0.2) is 22.9 Å². The van der Waals surface area contributed by atoms with Crippen LogP contribution in [0, 0.1) is 13.8 Å². The summed E-state index contributed by atoms with van der Waals surface area (Å²) in [5, 5.41) is 0. The minimum absolute atomic E-state index is 0.0884. The number of carbonyl (C=O) groups is 2. The molecule has 1 heterocycles. The number of esters is 1. The molecular formula is C27H47NO3. The number of aromatic nitrogens is 1. The lowest BCUT2D eigenvalue weighted by atomic mass is 10.0. The summed E-state index contributed by atoms with van der Waals surface area (Å²) >= 11 is 0. The number of ether oxygens (including phenoxy) is 1. The van der Waals surface area contributed by atoms with Crippen LogP contribution in [0.2, 0.25) is 0 Å². The first-order chi connectivity index (χ1) is 15.0. The molecule has 0 atom stereocenters. The van der Waals surface area contributed by atoms with Gasteiger partial charge in [0.15, 0.2) is 5.78 Å². The molecule has 1 aromatic heterocycles. The highest BCUT2D eigenvalue weighted by molar-refractivity contribution is 5.98. The third kappa shape index (κ3) is 11.6. The van der Waals surface area contributed by atoms with Crippen molar-refractivity contribution in [2.45, 2.75) is 131 Å². The number of carbonyl (C=O) groups excluding carboxylic acids is 2. The number of unbranched alkanes of at least 4 members (excludes halogenated alkanes) is 11. The fourth-order valence-electron chi connectivity index (χ4n) is 4.34. The van der Waals surface area contributed by atoms with Crippen LogP contribution < -0.4 is 0 Å². The van der Waals surface area contributed by atoms with Gasteiger partial charge in [-0.3, -0.25) is 9.59 Å². The van der Waals surface area contributed by atoms with Crippen LogP contribution in [0.25, 0.3) is 0 Å². The van der Waals surface area contributed by atoms with Crippen LogP contribution in [0.5, 0.6) is 0 Å². The molecule has 0 bridgehead atoms. The highest BCUT2D eigenvalue weighted by Crippen LogP contribution is 2.21. The molecule has 0 aliphatic carbocycles. The molecule has 0 spiro atoms. The van der Waals surface area contributed by atoms with Gasteiger partial charge in [-0.25, -0.2) is 0 Å². The maximum atomic E-state index is 12.8. The third-order valence-electron chi connectivity index (χ3n) is 6.16. The van der Waals surface area contributed by atoms with Gasteiger partial charge in [0, 0.05) is 36.8 Å². The number of hydrogen-bond donors (Lipinski definition) is 0. The first-order valence-electron chi connectivity index (χ1n) is 12.9. The molecule has 0 aromatic carbocycles. The maximum Gasteiger partial charge on any atom is 0.305 e. The molecule has 0 saturated carbocycles. The lowest BCUT2D eigenvalue weighted by Crippen LogP contribution is -2.05. The molecule has 0 aliphatic rings. The second-order valence-corrected chi connectivity index (χ2v) is 8.94. The Morgan fingerprint density at radius 3 is 1.94 bits per heavy atom. The summed E-state index contributed by atoms with van der Waals surface area (Å²) in [7, 11) is 0. The lowest BCUT2D eigenvalue weighted by molar-refractivity contribution is -0.143. The average Bonchev–Trinajstić information content (AvgIpc) is 3.02. The van der Waals surface area contributed by atoms with Crippen LogP contribution in [0.4, 0.5) is 0 Å². The van der Waals surface area contributed by atoms with Crippen molar-refractivity contribution in [3.05, 3.63) is 23.0 Å². The molecule has 31 heavy (non-hydrogen) atoms. The van der Waals surface area contributed by atoms with E-state index in [0.717, 1.165) is 55.5 Å². The number of nitrogens with zero attached hydrogens (tertiary/aromatic N) is 1. The van der Waals surface area contributed by atoms with E-state index in [1.165, 1.54) is 51.4 Å². The molecular weight excluding hydrogens is 386 g/mol. The van der Waals surface area contributed by atoms with Crippen LogP contribution >= 0.6 is 0 Å². The van der Waals surface area contributed by atoms with Gasteiger partial charge in [0.1, 0.15) is 0 Å². The smallest absolute Gasteiger partial charge is 0.305 e. The van der Waals surface area contributed by atoms with Gasteiger partial charge in [0.2, 0.25) is 0 Å². The Bertz CT molecular complexity index is 633. The molecule has 0 aliphatic heterocycles. The van der Waals surface area contributed by atoms with Crippen molar-refractivity contribution < 1.29 is 14.3 Å². The number of hydrogen-bond acceptors (Lipinski definition) is 3. The van der Waals surface area contributed by atoms with Crippen molar-refractivity contribution in [1.82, 2.24) is 4.57 Å². The third-order valence-corrected chi connectivity index (χ3v) is 6.16. The molecule has 0 fully saturated rings. The quantitative estimate of drug-likeness (QED) is 0.127. The van der Waals surface area contributed by atoms with E-state index in [1.807, 2.05) is 6.92 Å². The van der Waals surface area contributed by atoms with Gasteiger partial charge >= 0.3 is 5.97 Å². The molecule has 4 heteroatoms. The highest BCUT2D eigenvalue weighted by atomic mass is 16.5. The van der Waals surface area contributed by atoms with E-state index in [-0.39, 0.29) is 5.97 Å². The Morgan fingerprint density at radius 2 is 1.32 bits per heavy atom. The van der Waals surface area contributed by atoms with E-state index in [4.69, 9.17) is 4.74 Å². The zero-order chi connectivity index (χ0) is 22.9. The van der Waals surface area contributed by atoms with Gasteiger partial charge in [-0.2, -0.15) is 0 Å². The fourth-order valence-corrected chi connectivity index (χ4v) is 4.34. The first kappa shape index (κ1) is 27.5. The van der Waals surface area contributed by atoms with E-state index >= 15 is 0 Å². The summed E-state index contributed by atoms with van der Waals surface area (Å²) in [6.07, 6.45) is 18.9. The van der Waals surface area contributed by atoms with E-state index in [2.05, 4.69) is 31.5 Å². The minimum atomic E-state index is -0.0884. The fraction of sp³-hybridized carbons (Fsp3) is 0.778. The van der Waals surface area contributed by atoms with Gasteiger partial charge in [-0.15, -0.1) is 0 Å². The van der Waals surface area contributed by atoms with Crippen LogP contribution in [-0.2, 0) is 16.1 Å². The van der Waals surface area contributed by atoms with Crippen molar-refractivity contribution in [2.75, 3.05) is 6.61 Å². The predicted molar refractivity (Wildman–Crippen MR) is 130 cm³/mol. The zero-order valence-electron chi connectivity index (χ0n) is 20.8. The summed E-state index contributed by atoms with van der Waals surface area (Å²) in [6, 6.07) is 0. The highest BCUT2D eigenvalue weighted by Gasteiger charge is 2.16. The normalized spacial score (nSPS) is 11.1. The Kier molecular flexibility index (Phi) is 15.1. The summed E-state index contributed by atoms with van der Waals surface area (Å²) in [5.41, 5.74) is 3.17. The molecule has 0 N–H and O–H groups in total. The summed E-state index contributed by atoms with van der Waals surface area (Å²) in [5.74, 6) is 0.223. The summed E-state index contributed by atoms with van der Waals surface area (Å²) in [4.78, 5) is 24.1. The van der Waals surface area contributed by atoms with Gasteiger partial charge in [-0.05, 0) is 45.6 Å². The molecule has 178 valence electrons. The maximum absolute atomic E-state index is 12.8. The SMILES string of the molecule is CCCCCCCCCCCC(=O)c1c(C)cn(CCCCCCC(=O)OCC)c1C. The summed E-state index contributed by atoms with van der Waals surface area (Å²) in [6.45, 7) is 9.65. The second kappa shape index (κ2) is 17.0. The molecule has 0 saturated heterocycles. The molecule has 1 aromatic rings. The van der Waals surface area contributed by atoms with E-state index < -0.39 is 0 Å². The van der Waals surface area contributed by atoms with Crippen molar-refractivity contribution in [3.8, 4) is 0 Å². The molecule has 1 rings (SSSR count). The van der Waals surface area contributed by atoms with Crippen molar-refractivity contribution in [1.29, 1.82) is 0 Å². The van der Waals surface area contributed by atoms with Gasteiger partial charge in [0.05, 0.1) is 6.61 Å². The van der Waals surface area contributed by atoms with Gasteiger partial charge in [0.25, 0.3) is 0 Å². The topological polar surface area (TPSA) is 48.3 Å². The number of aryl methyl sites for hydroxylation is 2. The van der Waals surface area contributed by atoms with Crippen LogP contribution in [0.1, 0.15) is 132 Å². The van der Waals surface area contributed by atoms with Crippen molar-refractivity contribution in [2.24, 2.45) is 0 Å². The number of Topliss-reactive ketones (excluding diaryl/α,β-unsaturated/α-hetero) is 1. The van der Waals surface area contributed by atoms with Crippen LogP contribution in [0.15, 0.2) is 6.20 Å². The Balaban J connectivity index is 2.25. The first-order valence-corrected chi connectivity index (χ1v) is 12.9. The number of ketones is 1. The van der Waals surface area contributed by atoms with E-state index in [0.29, 0.717) is 25.2 Å². The molecule has 0 radical (unpaired) electrons. The molecule has 0 amide bonds. The van der Waals surface area contributed by atoms with Gasteiger partial charge < -0.3 is 9.30 Å². The molecule has 4 nitrogen and oxygen atoms in total. The minimum Gasteiger partial charge on any atom is -0.466 e. The monoisotopic (exact) mass is 433 g/mol. The standard InChI is InChI=1S/C27H47NO3/c1-5-7-8-9-10-11-12-13-16-19-25(29)27-23(3)22-28(24(27)4)21-18-15-14-17-20-26(30)31-6-2/h22H,5-21H2,1-4H3. The predicted octanol–water partition coefficient (Wildman–Crippen LogP) is 7.72. The average molecular weight is 434 g/mol. The Morgan fingerprint density at radius 1 is 0.774 bits per heavy atom. The Labute approximate surface area is 191 Å². The summed E-state index contributed by atoms with van der Waals surface area (Å²) < 4.78 is 7.20. The second-order valence-electron chi connectivity index (χ2n) is 8.94. The van der Waals surface area contributed by atoms with Crippen molar-refractivity contribution in [3.63, 3.8) is 0 Å². The van der Waals surface area contributed by atoms with Crippen LogP contribution in [0.3, 0.4) is 0 Å². The zero-order valence-corrected chi connectivity index (χ0v) is 20.8. The van der Waals surface area contributed by atoms with E-state index in [9.17, 15) is 9.59 Å². The lowest BCUT2D eigenvalue weighted by Gasteiger charge is -2.08. The Hall–Kier alpha value is -1.58. The largest absolute Gasteiger partial charge is 0.466 e. The van der Waals surface area contributed by atoms with Crippen molar-refractivity contribution >= 4 is 11.8 Å². The van der Waals surface area contributed by atoms with E-state index in [1.54, 1.807) is 0 Å². The number of rotatable bonds is 19. The van der Waals surface area contributed by atoms with Gasteiger partial charge in [-0.1, -0.05) is 71.1 Å². The molecule has 0 unspecified atom stereocenters.